The average Bonchev–Trinajstić information content (AvgIpc) is 3.85. The van der Waals surface area contributed by atoms with E-state index in [1.54, 1.807) is 11.2 Å². The smallest absolute Gasteiger partial charge is 0.255 e. The number of piperazine rings is 1. The van der Waals surface area contributed by atoms with Crippen molar-refractivity contribution in [2.45, 2.75) is 63.2 Å². The van der Waals surface area contributed by atoms with Crippen molar-refractivity contribution in [2.24, 2.45) is 0 Å². The Kier molecular flexibility index (Phi) is 10.9. The van der Waals surface area contributed by atoms with Gasteiger partial charge in [-0.25, -0.2) is 14.6 Å². The van der Waals surface area contributed by atoms with Crippen molar-refractivity contribution in [3.05, 3.63) is 90.3 Å². The van der Waals surface area contributed by atoms with Crippen LogP contribution < -0.4 is 20.7 Å². The van der Waals surface area contributed by atoms with Crippen molar-refractivity contribution < 1.29 is 19.1 Å². The molecule has 1 unspecified atom stereocenters. The van der Waals surface area contributed by atoms with Gasteiger partial charge in [0.1, 0.15) is 35.4 Å². The molecule has 1 atom stereocenters. The number of benzene rings is 3. The van der Waals surface area contributed by atoms with E-state index in [1.807, 2.05) is 66.7 Å². The number of ether oxygens (including phenoxy) is 1. The van der Waals surface area contributed by atoms with Gasteiger partial charge in [-0.2, -0.15) is 5.10 Å². The molecule has 5 aromatic rings. The van der Waals surface area contributed by atoms with Gasteiger partial charge >= 0.3 is 0 Å². The molecule has 316 valence electrons. The van der Waals surface area contributed by atoms with Crippen LogP contribution in [-0.2, 0) is 16.1 Å². The summed E-state index contributed by atoms with van der Waals surface area (Å²) in [6, 6.07) is 24.1. The Hall–Kier alpha value is -5.90. The number of aromatic nitrogens is 4. The van der Waals surface area contributed by atoms with Gasteiger partial charge in [0, 0.05) is 88.2 Å². The van der Waals surface area contributed by atoms with E-state index in [-0.39, 0.29) is 30.2 Å². The van der Waals surface area contributed by atoms with Crippen molar-refractivity contribution >= 4 is 40.3 Å². The fourth-order valence-electron chi connectivity index (χ4n) is 10.0. The molecule has 4 fully saturated rings. The molecule has 0 bridgehead atoms. The van der Waals surface area contributed by atoms with Gasteiger partial charge in [0.15, 0.2) is 5.65 Å². The third-order valence-corrected chi connectivity index (χ3v) is 13.5. The summed E-state index contributed by atoms with van der Waals surface area (Å²) in [5.41, 5.74) is 11.8. The summed E-state index contributed by atoms with van der Waals surface area (Å²) in [5, 5.41) is 8.34. The Morgan fingerprint density at radius 2 is 1.44 bits per heavy atom. The van der Waals surface area contributed by atoms with Crippen LogP contribution in [0, 0.1) is 0 Å². The number of likely N-dealkylation sites (tertiary alicyclic amines) is 2. The third-order valence-electron chi connectivity index (χ3n) is 13.5. The largest absolute Gasteiger partial charge is 0.457 e. The van der Waals surface area contributed by atoms with Gasteiger partial charge in [-0.1, -0.05) is 18.2 Å². The van der Waals surface area contributed by atoms with Crippen LogP contribution in [0.3, 0.4) is 0 Å². The lowest BCUT2D eigenvalue weighted by molar-refractivity contribution is -0.136. The van der Waals surface area contributed by atoms with E-state index in [9.17, 15) is 14.4 Å². The predicted octanol–water partition coefficient (Wildman–Crippen LogP) is 4.55. The van der Waals surface area contributed by atoms with Crippen molar-refractivity contribution in [2.75, 3.05) is 76.1 Å². The lowest BCUT2D eigenvalue weighted by Crippen LogP contribution is -2.52. The summed E-state index contributed by atoms with van der Waals surface area (Å²) >= 11 is 0. The van der Waals surface area contributed by atoms with Gasteiger partial charge in [-0.05, 0) is 105 Å². The standard InChI is InChI=1S/C46H53N11O4/c47-43-41-42(31-6-9-37(10-7-31)61-36-4-2-1-3-5-36)51-57(44(41)49-30-48-43)34-16-20-54(21-17-34)33-14-18-52(19-15-33)22-23-53-24-26-55(27-25-53)35-8-11-38-32(28-35)29-56(46(38)60)39-12-13-40(58)50-45(39)59/h1-11,28,30,33-34,39H,12-27,29H2,(H2,47,48,49)(H,50,58,59). The zero-order chi connectivity index (χ0) is 41.5. The first-order chi connectivity index (χ1) is 29.8. The van der Waals surface area contributed by atoms with Crippen molar-refractivity contribution in [3.8, 4) is 22.8 Å². The first kappa shape index (κ1) is 39.2. The number of nitrogens with two attached hydrogens (primary N) is 1. The third kappa shape index (κ3) is 8.05. The Bertz CT molecular complexity index is 2400. The molecule has 0 spiro atoms. The first-order valence-corrected chi connectivity index (χ1v) is 21.9. The molecule has 5 aliphatic rings. The van der Waals surface area contributed by atoms with Crippen LogP contribution in [0.15, 0.2) is 79.1 Å². The van der Waals surface area contributed by atoms with Gasteiger partial charge in [0.05, 0.1) is 11.4 Å². The molecule has 5 aliphatic heterocycles. The van der Waals surface area contributed by atoms with Crippen LogP contribution >= 0.6 is 0 Å². The van der Waals surface area contributed by atoms with E-state index >= 15 is 0 Å². The second kappa shape index (κ2) is 16.9. The number of imide groups is 1. The summed E-state index contributed by atoms with van der Waals surface area (Å²) in [6.07, 6.45) is 6.60. The minimum atomic E-state index is -0.590. The second-order valence-corrected chi connectivity index (χ2v) is 17.1. The molecule has 15 heteroatoms. The van der Waals surface area contributed by atoms with E-state index in [0.717, 1.165) is 123 Å². The quantitative estimate of drug-likeness (QED) is 0.190. The molecule has 0 aliphatic carbocycles. The van der Waals surface area contributed by atoms with Crippen LogP contribution in [0.25, 0.3) is 22.3 Å². The van der Waals surface area contributed by atoms with Crippen molar-refractivity contribution in [3.63, 3.8) is 0 Å². The lowest BCUT2D eigenvalue weighted by Gasteiger charge is -2.42. The topological polar surface area (TPSA) is 158 Å². The van der Waals surface area contributed by atoms with E-state index < -0.39 is 6.04 Å². The van der Waals surface area contributed by atoms with E-state index in [4.69, 9.17) is 15.6 Å². The number of piperidine rings is 3. The van der Waals surface area contributed by atoms with E-state index in [1.165, 1.54) is 12.8 Å². The number of hydrogen-bond acceptors (Lipinski definition) is 12. The molecule has 0 saturated carbocycles. The first-order valence-electron chi connectivity index (χ1n) is 21.9. The van der Waals surface area contributed by atoms with Crippen LogP contribution in [0.2, 0.25) is 0 Å². The molecular formula is C46H53N11O4. The molecular weight excluding hydrogens is 771 g/mol. The highest BCUT2D eigenvalue weighted by atomic mass is 16.5. The number of fused-ring (bicyclic) bond motifs is 2. The number of hydrogen-bond donors (Lipinski definition) is 2. The monoisotopic (exact) mass is 823 g/mol. The number of carbonyl (C=O) groups excluding carboxylic acids is 3. The number of nitrogens with zero attached hydrogens (tertiary/aromatic N) is 9. The van der Waals surface area contributed by atoms with Crippen LogP contribution in [0.1, 0.15) is 60.5 Å². The summed E-state index contributed by atoms with van der Waals surface area (Å²) in [5.74, 6) is 1.23. The van der Waals surface area contributed by atoms with Crippen LogP contribution in [0.5, 0.6) is 11.5 Å². The SMILES string of the molecule is Nc1ncnc2c1c(-c1ccc(Oc3ccccc3)cc1)nn2C1CCN(C2CCN(CCN3CCN(c4ccc5c(c4)CN(C4CCC(=O)NC4=O)C5=O)CC3)CC2)CC1. The molecule has 15 nitrogen and oxygen atoms in total. The zero-order valence-electron chi connectivity index (χ0n) is 34.5. The highest BCUT2D eigenvalue weighted by molar-refractivity contribution is 6.05. The highest BCUT2D eigenvalue weighted by Gasteiger charge is 2.39. The normalized spacial score (nSPS) is 21.3. The number of para-hydroxylation sites is 1. The fraction of sp³-hybridized carbons (Fsp3) is 0.435. The zero-order valence-corrected chi connectivity index (χ0v) is 34.5. The summed E-state index contributed by atoms with van der Waals surface area (Å²) in [6.45, 7) is 10.8. The highest BCUT2D eigenvalue weighted by Crippen LogP contribution is 2.36. The molecule has 3 amide bonds. The van der Waals surface area contributed by atoms with Crippen LogP contribution in [-0.4, -0.2) is 135 Å². The summed E-state index contributed by atoms with van der Waals surface area (Å²) in [4.78, 5) is 58.2. The molecule has 0 radical (unpaired) electrons. The number of amides is 3. The molecule has 7 heterocycles. The maximum absolute atomic E-state index is 13.2. The fourth-order valence-corrected chi connectivity index (χ4v) is 10.0. The van der Waals surface area contributed by atoms with Gasteiger partial charge < -0.3 is 30.1 Å². The maximum atomic E-state index is 13.2. The Morgan fingerprint density at radius 1 is 0.738 bits per heavy atom. The number of carbonyl (C=O) groups is 3. The Morgan fingerprint density at radius 3 is 2.18 bits per heavy atom. The van der Waals surface area contributed by atoms with Gasteiger partial charge in [-0.15, -0.1) is 0 Å². The van der Waals surface area contributed by atoms with Crippen molar-refractivity contribution in [1.29, 1.82) is 0 Å². The van der Waals surface area contributed by atoms with Gasteiger partial charge in [-0.3, -0.25) is 24.6 Å². The molecule has 10 rings (SSSR count). The summed E-state index contributed by atoms with van der Waals surface area (Å²) < 4.78 is 8.12. The minimum Gasteiger partial charge on any atom is -0.457 e. The van der Waals surface area contributed by atoms with Crippen LogP contribution in [0.4, 0.5) is 11.5 Å². The van der Waals surface area contributed by atoms with Crippen molar-refractivity contribution in [1.82, 2.24) is 44.7 Å². The second-order valence-electron chi connectivity index (χ2n) is 17.1. The maximum Gasteiger partial charge on any atom is 0.255 e. The lowest BCUT2D eigenvalue weighted by atomic mass is 9.98. The molecule has 4 saturated heterocycles. The number of nitrogens with one attached hydrogen (secondary N) is 1. The van der Waals surface area contributed by atoms with E-state index in [2.05, 4.69) is 45.6 Å². The van der Waals surface area contributed by atoms with Gasteiger partial charge in [0.25, 0.3) is 5.91 Å². The predicted molar refractivity (Wildman–Crippen MR) is 232 cm³/mol. The minimum absolute atomic E-state index is 0.125. The number of anilines is 2. The molecule has 3 N–H and O–H groups in total. The van der Waals surface area contributed by atoms with Gasteiger partial charge in [0.2, 0.25) is 11.8 Å². The Balaban J connectivity index is 0.679. The average molecular weight is 824 g/mol. The number of nitrogen functional groups attached to an aromatic ring is 1. The summed E-state index contributed by atoms with van der Waals surface area (Å²) in [7, 11) is 0. The van der Waals surface area contributed by atoms with E-state index in [0.29, 0.717) is 30.4 Å². The molecule has 3 aromatic carbocycles. The number of rotatable bonds is 10. The Labute approximate surface area is 355 Å². The molecule has 61 heavy (non-hydrogen) atoms. The molecule has 2 aromatic heterocycles.